The van der Waals surface area contributed by atoms with Crippen molar-refractivity contribution in [1.29, 1.82) is 0 Å². The van der Waals surface area contributed by atoms with Gasteiger partial charge in [-0.2, -0.15) is 0 Å². The molecule has 0 atom stereocenters. The highest BCUT2D eigenvalue weighted by Crippen LogP contribution is 2.69. The smallest absolute Gasteiger partial charge is 0.368 e. The topological polar surface area (TPSA) is 152 Å². The number of hydrogen-bond donors (Lipinski definition) is 5. The van der Waals surface area contributed by atoms with Crippen LogP contribution < -0.4 is 0 Å². The summed E-state index contributed by atoms with van der Waals surface area (Å²) in [5.41, 5.74) is 0. The normalized spacial score (nSPS) is 14.2. The zero-order chi connectivity index (χ0) is 17.8. The Hall–Kier alpha value is 0.240. The van der Waals surface area contributed by atoms with E-state index in [0.717, 1.165) is 11.8 Å². The predicted molar refractivity (Wildman–Crippen MR) is 83.3 cm³/mol. The molecule has 0 fully saturated rings. The summed E-state index contributed by atoms with van der Waals surface area (Å²) in [4.78, 5) is 47.0. The average Bonchev–Trinajstić information content (AvgIpc) is 2.24. The molecule has 0 rings (SSSR count). The van der Waals surface area contributed by atoms with Crippen LogP contribution in [0, 0.1) is 0 Å². The van der Waals surface area contributed by atoms with Crippen LogP contribution in [-0.4, -0.2) is 72.3 Å². The van der Waals surface area contributed by atoms with Crippen LogP contribution >= 0.6 is 27.0 Å². The third kappa shape index (κ3) is 6.78. The van der Waals surface area contributed by atoms with Gasteiger partial charge in [0.1, 0.15) is 0 Å². The van der Waals surface area contributed by atoms with E-state index in [2.05, 4.69) is 0 Å². The first-order chi connectivity index (χ1) is 9.62. The Labute approximate surface area is 133 Å². The Balaban J connectivity index is 4.68. The molecule has 0 aromatic rings. The Morgan fingerprint density at radius 2 is 1.55 bits per heavy atom. The van der Waals surface area contributed by atoms with Crippen LogP contribution in [0.15, 0.2) is 0 Å². The van der Waals surface area contributed by atoms with Crippen LogP contribution in [0.1, 0.15) is 19.8 Å². The molecule has 0 aromatic carbocycles. The summed E-state index contributed by atoms with van der Waals surface area (Å²) in [7, 11) is -7.15. The van der Waals surface area contributed by atoms with E-state index in [4.69, 9.17) is 19.6 Å². The quantitative estimate of drug-likeness (QED) is 0.277. The maximum atomic E-state index is 11.2. The van der Waals surface area contributed by atoms with Gasteiger partial charge in [-0.15, -0.1) is 0 Å². The molecule has 0 aromatic heterocycles. The van der Waals surface area contributed by atoms with Crippen LogP contribution in [0.3, 0.4) is 0 Å². The summed E-state index contributed by atoms with van der Waals surface area (Å²) in [6.07, 6.45) is -0.715. The van der Waals surface area contributed by atoms with E-state index in [-0.39, 0.29) is 11.5 Å². The van der Waals surface area contributed by atoms with Gasteiger partial charge < -0.3 is 29.2 Å². The molecule has 0 heterocycles. The Kier molecular flexibility index (Phi) is 7.96. The van der Waals surface area contributed by atoms with E-state index in [1.54, 1.807) is 0 Å². The standard InChI is InChI=1S/C10H23NO8P2S/c1-9(12)22-8-7-11(2,3)6-4-5-10(13,20(14,15)16)21(17,18)19/h13H,4-8H2,1-3H3,(H3-,14,15,16,17,18,19)/p+1. The molecule has 0 radical (unpaired) electrons. The molecule has 12 heteroatoms. The van der Waals surface area contributed by atoms with Gasteiger partial charge in [0.2, 0.25) is 0 Å². The lowest BCUT2D eigenvalue weighted by atomic mass is 10.3. The minimum atomic E-state index is -5.39. The van der Waals surface area contributed by atoms with Gasteiger partial charge in [-0.25, -0.2) is 0 Å². The molecule has 132 valence electrons. The molecule has 0 aliphatic rings. The molecular formula is C10H24NO8P2S+. The first-order valence-corrected chi connectivity index (χ1v) is 10.6. The van der Waals surface area contributed by atoms with Crippen LogP contribution in [0.25, 0.3) is 0 Å². The van der Waals surface area contributed by atoms with Crippen molar-refractivity contribution in [3.63, 3.8) is 0 Å². The summed E-state index contributed by atoms with van der Waals surface area (Å²) in [6, 6.07) is 0. The molecule has 5 N–H and O–H groups in total. The highest BCUT2D eigenvalue weighted by Gasteiger charge is 2.58. The number of quaternary nitrogens is 1. The Bertz CT molecular complexity index is 463. The fraction of sp³-hybridized carbons (Fsp3) is 0.900. The van der Waals surface area contributed by atoms with Gasteiger partial charge in [-0.05, 0) is 0 Å². The number of rotatable bonds is 9. The summed E-state index contributed by atoms with van der Waals surface area (Å²) in [5.74, 6) is 0.559. The maximum Gasteiger partial charge on any atom is 0.369 e. The van der Waals surface area contributed by atoms with Crippen molar-refractivity contribution in [3.05, 3.63) is 0 Å². The summed E-state index contributed by atoms with van der Waals surface area (Å²) >= 11 is 1.15. The Morgan fingerprint density at radius 1 is 1.09 bits per heavy atom. The monoisotopic (exact) mass is 380 g/mol. The SMILES string of the molecule is CC(=O)SCC[N+](C)(C)CCCC(O)(P(=O)(O)O)P(=O)(O)O. The first kappa shape index (κ1) is 22.2. The third-order valence-corrected chi connectivity index (χ3v) is 7.88. The van der Waals surface area contributed by atoms with E-state index < -0.39 is 26.7 Å². The number of nitrogens with zero attached hydrogens (tertiary/aromatic N) is 1. The molecule has 0 aliphatic heterocycles. The lowest BCUT2D eigenvalue weighted by molar-refractivity contribution is -0.888. The average molecular weight is 380 g/mol. The van der Waals surface area contributed by atoms with E-state index in [9.17, 15) is 19.0 Å². The van der Waals surface area contributed by atoms with Crippen LogP contribution in [-0.2, 0) is 13.9 Å². The van der Waals surface area contributed by atoms with E-state index in [1.165, 1.54) is 6.92 Å². The van der Waals surface area contributed by atoms with Crippen molar-refractivity contribution in [3.8, 4) is 0 Å². The fourth-order valence-corrected chi connectivity index (χ4v) is 4.88. The summed E-state index contributed by atoms with van der Waals surface area (Å²) in [5, 5.41) is 6.38. The molecule has 9 nitrogen and oxygen atoms in total. The van der Waals surface area contributed by atoms with Gasteiger partial charge in [-0.3, -0.25) is 13.9 Å². The second-order valence-electron chi connectivity index (χ2n) is 5.69. The minimum Gasteiger partial charge on any atom is -0.368 e. The lowest BCUT2D eigenvalue weighted by Gasteiger charge is -2.33. The first-order valence-electron chi connectivity index (χ1n) is 6.41. The van der Waals surface area contributed by atoms with Crippen molar-refractivity contribution in [2.45, 2.75) is 24.8 Å². The molecule has 0 saturated heterocycles. The molecule has 0 amide bonds. The molecule has 0 spiro atoms. The molecule has 0 aliphatic carbocycles. The van der Waals surface area contributed by atoms with Gasteiger partial charge in [0.25, 0.3) is 5.08 Å². The zero-order valence-corrected chi connectivity index (χ0v) is 15.4. The van der Waals surface area contributed by atoms with Crippen LogP contribution in [0.4, 0.5) is 0 Å². The van der Waals surface area contributed by atoms with E-state index >= 15 is 0 Å². The van der Waals surface area contributed by atoms with Crippen molar-refractivity contribution in [2.24, 2.45) is 0 Å². The molecule has 22 heavy (non-hydrogen) atoms. The van der Waals surface area contributed by atoms with Gasteiger partial charge in [0.15, 0.2) is 5.12 Å². The largest absolute Gasteiger partial charge is 0.369 e. The van der Waals surface area contributed by atoms with Crippen molar-refractivity contribution >= 4 is 32.1 Å². The highest BCUT2D eigenvalue weighted by atomic mass is 32.2. The van der Waals surface area contributed by atoms with E-state index in [1.807, 2.05) is 14.1 Å². The fourth-order valence-electron chi connectivity index (χ4n) is 1.75. The van der Waals surface area contributed by atoms with Crippen molar-refractivity contribution < 1.29 is 43.1 Å². The molecule has 0 saturated carbocycles. The number of thioether (sulfide) groups is 1. The van der Waals surface area contributed by atoms with Gasteiger partial charge >= 0.3 is 15.2 Å². The second-order valence-corrected chi connectivity index (χ2v) is 11.0. The maximum absolute atomic E-state index is 11.2. The number of aliphatic hydroxyl groups is 1. The molecule has 0 bridgehead atoms. The lowest BCUT2D eigenvalue weighted by Crippen LogP contribution is -2.43. The van der Waals surface area contributed by atoms with Crippen molar-refractivity contribution in [1.82, 2.24) is 0 Å². The zero-order valence-electron chi connectivity index (χ0n) is 12.7. The summed E-state index contributed by atoms with van der Waals surface area (Å²) < 4.78 is 22.8. The number of carbonyl (C=O) groups excluding carboxylic acids is 1. The minimum absolute atomic E-state index is 0.00442. The third-order valence-electron chi connectivity index (χ3n) is 3.21. The summed E-state index contributed by atoms with van der Waals surface area (Å²) in [6.45, 7) is 2.38. The predicted octanol–water partition coefficient (Wildman–Crippen LogP) is 0.124. The molecule has 0 unspecified atom stereocenters. The number of carbonyl (C=O) groups is 1. The number of hydrogen-bond acceptors (Lipinski definition) is 5. The van der Waals surface area contributed by atoms with Crippen LogP contribution in [0.5, 0.6) is 0 Å². The second kappa shape index (κ2) is 7.88. The van der Waals surface area contributed by atoms with Gasteiger partial charge in [0, 0.05) is 19.8 Å². The van der Waals surface area contributed by atoms with Gasteiger partial charge in [-0.1, -0.05) is 11.8 Å². The van der Waals surface area contributed by atoms with Gasteiger partial charge in [0.05, 0.1) is 32.9 Å². The Morgan fingerprint density at radius 3 is 1.91 bits per heavy atom. The highest BCUT2D eigenvalue weighted by molar-refractivity contribution is 8.13. The van der Waals surface area contributed by atoms with Crippen LogP contribution in [0.2, 0.25) is 0 Å². The van der Waals surface area contributed by atoms with Crippen molar-refractivity contribution in [2.75, 3.05) is 32.9 Å². The van der Waals surface area contributed by atoms with E-state index in [0.29, 0.717) is 23.3 Å². The molecular weight excluding hydrogens is 356 g/mol.